The lowest BCUT2D eigenvalue weighted by molar-refractivity contribution is -0.127. The van der Waals surface area contributed by atoms with Crippen molar-refractivity contribution in [3.8, 4) is 11.1 Å². The third-order valence-corrected chi connectivity index (χ3v) is 10.7. The molecule has 238 valence electrons. The Balaban J connectivity index is 1.37. The topological polar surface area (TPSA) is 103 Å². The first kappa shape index (κ1) is 31.4. The number of H-pyrrole nitrogens is 1. The number of carbonyl (C=O) groups is 1. The number of piperidine rings is 2. The van der Waals surface area contributed by atoms with Crippen LogP contribution in [0.25, 0.3) is 22.0 Å². The molecule has 0 aliphatic carbocycles. The summed E-state index contributed by atoms with van der Waals surface area (Å²) < 4.78 is 7.78. The van der Waals surface area contributed by atoms with E-state index in [-0.39, 0.29) is 30.1 Å². The molecule has 0 radical (unpaired) electrons. The van der Waals surface area contributed by atoms with Crippen LogP contribution in [-0.2, 0) is 9.53 Å². The van der Waals surface area contributed by atoms with E-state index in [2.05, 4.69) is 52.0 Å². The summed E-state index contributed by atoms with van der Waals surface area (Å²) in [4.78, 5) is 19.0. The van der Waals surface area contributed by atoms with Crippen LogP contribution in [0, 0.1) is 12.8 Å². The van der Waals surface area contributed by atoms with Gasteiger partial charge < -0.3 is 19.6 Å². The van der Waals surface area contributed by atoms with E-state index in [4.69, 9.17) is 33.0 Å². The van der Waals surface area contributed by atoms with Crippen molar-refractivity contribution in [1.82, 2.24) is 29.8 Å². The smallest absolute Gasteiger partial charge is 0.245 e. The number of hydrogen-bond donors (Lipinski definition) is 2. The van der Waals surface area contributed by atoms with E-state index in [9.17, 15) is 9.90 Å². The summed E-state index contributed by atoms with van der Waals surface area (Å²) in [6, 6.07) is 2.03. The zero-order valence-electron chi connectivity index (χ0n) is 25.9. The van der Waals surface area contributed by atoms with Crippen molar-refractivity contribution in [1.29, 1.82) is 0 Å². The minimum atomic E-state index is -0.190. The van der Waals surface area contributed by atoms with Crippen LogP contribution >= 0.6 is 23.2 Å². The largest absolute Gasteiger partial charge is 0.395 e. The van der Waals surface area contributed by atoms with Crippen LogP contribution in [0.15, 0.2) is 24.9 Å². The molecule has 3 fully saturated rings. The number of morpholine rings is 1. The first-order valence-electron chi connectivity index (χ1n) is 15.6. The molecule has 10 nitrogen and oxygen atoms in total. The molecule has 3 saturated heterocycles. The molecule has 1 amide bonds. The fourth-order valence-corrected chi connectivity index (χ4v) is 8.04. The highest BCUT2D eigenvalue weighted by atomic mass is 35.5. The van der Waals surface area contributed by atoms with Crippen molar-refractivity contribution in [2.45, 2.75) is 64.1 Å². The second kappa shape index (κ2) is 12.6. The summed E-state index contributed by atoms with van der Waals surface area (Å²) in [6.07, 6.45) is 6.81. The number of anilines is 1. The fourth-order valence-electron chi connectivity index (χ4n) is 7.59. The molecule has 2 atom stereocenters. The first-order valence-corrected chi connectivity index (χ1v) is 16.4. The van der Waals surface area contributed by atoms with Gasteiger partial charge in [-0.25, -0.2) is 0 Å². The van der Waals surface area contributed by atoms with Crippen molar-refractivity contribution < 1.29 is 14.6 Å². The van der Waals surface area contributed by atoms with Crippen LogP contribution in [0.3, 0.4) is 0 Å². The van der Waals surface area contributed by atoms with E-state index >= 15 is 0 Å². The summed E-state index contributed by atoms with van der Waals surface area (Å²) >= 11 is 13.7. The molecule has 3 aromatic rings. The van der Waals surface area contributed by atoms with E-state index in [0.29, 0.717) is 42.3 Å². The van der Waals surface area contributed by atoms with E-state index in [1.165, 1.54) is 6.08 Å². The Kier molecular flexibility index (Phi) is 9.01. The number of nitrogens with one attached hydrogen (secondary N) is 1. The molecule has 2 aromatic heterocycles. The second-order valence-electron chi connectivity index (χ2n) is 13.1. The van der Waals surface area contributed by atoms with Crippen molar-refractivity contribution >= 4 is 45.8 Å². The van der Waals surface area contributed by atoms with Crippen molar-refractivity contribution in [3.63, 3.8) is 0 Å². The number of amides is 1. The number of ether oxygens (including phenoxy) is 1. The number of fused-ring (bicyclic) bond motifs is 1. The van der Waals surface area contributed by atoms with Crippen LogP contribution in [0.1, 0.15) is 51.3 Å². The molecule has 0 bridgehead atoms. The van der Waals surface area contributed by atoms with Gasteiger partial charge in [0, 0.05) is 60.5 Å². The Morgan fingerprint density at radius 1 is 1.20 bits per heavy atom. The first-order chi connectivity index (χ1) is 21.1. The van der Waals surface area contributed by atoms with Gasteiger partial charge in [0.25, 0.3) is 0 Å². The van der Waals surface area contributed by atoms with Crippen molar-refractivity contribution in [3.05, 3.63) is 40.7 Å². The Bertz CT molecular complexity index is 1530. The molecular formula is C32H43Cl2N7O3. The Morgan fingerprint density at radius 2 is 1.98 bits per heavy atom. The van der Waals surface area contributed by atoms with Gasteiger partial charge in [-0.15, -0.1) is 0 Å². The average molecular weight is 645 g/mol. The number of carbonyl (C=O) groups excluding carboxylic acids is 1. The summed E-state index contributed by atoms with van der Waals surface area (Å²) in [6.45, 7) is 15.8. The number of halogens is 2. The molecule has 0 unspecified atom stereocenters. The predicted molar refractivity (Wildman–Crippen MR) is 175 cm³/mol. The fraction of sp³-hybridized carbons (Fsp3) is 0.594. The maximum absolute atomic E-state index is 12.3. The van der Waals surface area contributed by atoms with Gasteiger partial charge in [0.1, 0.15) is 0 Å². The second-order valence-corrected chi connectivity index (χ2v) is 13.9. The van der Waals surface area contributed by atoms with Crippen LogP contribution in [0.4, 0.5) is 5.82 Å². The van der Waals surface area contributed by atoms with Crippen molar-refractivity contribution in [2.24, 2.45) is 5.92 Å². The number of aromatic amines is 1. The van der Waals surface area contributed by atoms with Crippen LogP contribution in [0.5, 0.6) is 0 Å². The number of likely N-dealkylation sites (tertiary alicyclic amines) is 1. The summed E-state index contributed by atoms with van der Waals surface area (Å²) in [7, 11) is 0. The summed E-state index contributed by atoms with van der Waals surface area (Å²) in [5, 5.41) is 24.5. The summed E-state index contributed by atoms with van der Waals surface area (Å²) in [5.41, 5.74) is 3.49. The minimum Gasteiger partial charge on any atom is -0.395 e. The quantitative estimate of drug-likeness (QED) is 0.346. The normalized spacial score (nSPS) is 23.4. The van der Waals surface area contributed by atoms with Gasteiger partial charge in [-0.3, -0.25) is 19.5 Å². The van der Waals surface area contributed by atoms with E-state index in [1.807, 2.05) is 17.2 Å². The molecule has 12 heteroatoms. The maximum atomic E-state index is 12.3. The third-order valence-electron chi connectivity index (χ3n) is 9.91. The Labute approximate surface area is 268 Å². The number of aliphatic hydroxyl groups excluding tert-OH is 1. The predicted octanol–water partition coefficient (Wildman–Crippen LogP) is 5.08. The third kappa shape index (κ3) is 5.75. The van der Waals surface area contributed by atoms with Crippen molar-refractivity contribution in [2.75, 3.05) is 57.4 Å². The van der Waals surface area contributed by atoms with Crippen LogP contribution < -0.4 is 4.90 Å². The van der Waals surface area contributed by atoms with Gasteiger partial charge in [-0.1, -0.05) is 29.8 Å². The molecular weight excluding hydrogens is 601 g/mol. The molecule has 3 aliphatic heterocycles. The van der Waals surface area contributed by atoms with Gasteiger partial charge in [0.15, 0.2) is 5.82 Å². The standard InChI is InChI=1S/C32H43Cl2N7O3/c1-5-27(43)38-9-7-22(8-10-38)41-20(2)28(29-24-16-35-36-26(24)14-25(33)30(29)34)31(37-41)40-11-6-21(15-32(40,3)4)17-39-12-13-44-19-23(39)18-42/h5,14,16,21-23,42H,1,6-13,15,17-19H2,2-4H3,(H,35,36)/t21-,23+/m1/s1. The van der Waals surface area contributed by atoms with Gasteiger partial charge in [-0.2, -0.15) is 10.2 Å². The number of rotatable bonds is 7. The van der Waals surface area contributed by atoms with Gasteiger partial charge in [0.2, 0.25) is 5.91 Å². The van der Waals surface area contributed by atoms with Crippen LogP contribution in [-0.4, -0.2) is 105 Å². The molecule has 1 aromatic carbocycles. The molecule has 5 heterocycles. The zero-order valence-corrected chi connectivity index (χ0v) is 27.4. The molecule has 44 heavy (non-hydrogen) atoms. The molecule has 2 N–H and O–H groups in total. The number of aliphatic hydroxyl groups is 1. The molecule has 6 rings (SSSR count). The molecule has 0 spiro atoms. The van der Waals surface area contributed by atoms with E-state index in [1.54, 1.807) is 0 Å². The zero-order chi connectivity index (χ0) is 31.2. The molecule has 0 saturated carbocycles. The number of aromatic nitrogens is 4. The van der Waals surface area contributed by atoms with Gasteiger partial charge >= 0.3 is 0 Å². The average Bonchev–Trinajstić information content (AvgIpc) is 3.61. The number of benzene rings is 1. The number of hydrogen-bond acceptors (Lipinski definition) is 7. The highest BCUT2D eigenvalue weighted by Crippen LogP contribution is 2.48. The monoisotopic (exact) mass is 643 g/mol. The highest BCUT2D eigenvalue weighted by molar-refractivity contribution is 6.45. The maximum Gasteiger partial charge on any atom is 0.245 e. The Morgan fingerprint density at radius 3 is 2.68 bits per heavy atom. The van der Waals surface area contributed by atoms with E-state index in [0.717, 1.165) is 78.9 Å². The summed E-state index contributed by atoms with van der Waals surface area (Å²) in [5.74, 6) is 1.37. The Hall–Kier alpha value is -2.63. The number of nitrogens with zero attached hydrogens (tertiary/aromatic N) is 6. The molecule has 3 aliphatic rings. The highest BCUT2D eigenvalue weighted by Gasteiger charge is 2.40. The lowest BCUT2D eigenvalue weighted by Crippen LogP contribution is -2.55. The SMILES string of the molecule is C=CC(=O)N1CCC(n2nc(N3CC[C@@H](CN4CCOC[C@@H]4CO)CC3(C)C)c(-c3c(Cl)c(Cl)cc4[nH]ncc34)c2C)CC1. The van der Waals surface area contributed by atoms with Gasteiger partial charge in [0.05, 0.1) is 53.7 Å². The van der Waals surface area contributed by atoms with E-state index < -0.39 is 0 Å². The van der Waals surface area contributed by atoms with Crippen LogP contribution in [0.2, 0.25) is 10.0 Å². The van der Waals surface area contributed by atoms with Gasteiger partial charge in [-0.05, 0) is 64.5 Å². The lowest BCUT2D eigenvalue weighted by Gasteiger charge is -2.48. The lowest BCUT2D eigenvalue weighted by atomic mass is 9.81. The minimum absolute atomic E-state index is 0.0258.